The van der Waals surface area contributed by atoms with E-state index in [1.807, 2.05) is 36.9 Å². The van der Waals surface area contributed by atoms with Gasteiger partial charge in [0.2, 0.25) is 11.9 Å². The summed E-state index contributed by atoms with van der Waals surface area (Å²) in [7, 11) is 0. The first-order valence-electron chi connectivity index (χ1n) is 8.79. The molecular formula is C18H19N7O2. The van der Waals surface area contributed by atoms with Crippen molar-refractivity contribution in [3.63, 3.8) is 0 Å². The van der Waals surface area contributed by atoms with E-state index in [2.05, 4.69) is 25.7 Å². The summed E-state index contributed by atoms with van der Waals surface area (Å²) in [6.07, 6.45) is 3.08. The molecule has 3 N–H and O–H groups in total. The molecule has 0 saturated carbocycles. The largest absolute Gasteiger partial charge is 0.389 e. The van der Waals surface area contributed by atoms with Crippen LogP contribution < -0.4 is 15.5 Å². The molecule has 0 bridgehead atoms. The van der Waals surface area contributed by atoms with Gasteiger partial charge in [-0.05, 0) is 31.5 Å². The van der Waals surface area contributed by atoms with Gasteiger partial charge in [-0.25, -0.2) is 9.50 Å². The Balaban J connectivity index is 1.45. The maximum Gasteiger partial charge on any atom is 0.247 e. The summed E-state index contributed by atoms with van der Waals surface area (Å²) >= 11 is 0. The Kier molecular flexibility index (Phi) is 3.20. The number of carbonyl (C=O) groups is 1. The topological polar surface area (TPSA) is 108 Å². The fourth-order valence-electron chi connectivity index (χ4n) is 3.51. The molecule has 5 rings (SSSR count). The van der Waals surface area contributed by atoms with E-state index < -0.39 is 5.41 Å². The second-order valence-electron chi connectivity index (χ2n) is 7.48. The second-order valence-corrected chi connectivity index (χ2v) is 7.48. The van der Waals surface area contributed by atoms with Gasteiger partial charge < -0.3 is 20.6 Å². The molecule has 0 spiro atoms. The van der Waals surface area contributed by atoms with Crippen molar-refractivity contribution >= 4 is 34.7 Å². The molecule has 0 unspecified atom stereocenters. The van der Waals surface area contributed by atoms with E-state index in [1.54, 1.807) is 16.9 Å². The van der Waals surface area contributed by atoms with E-state index in [4.69, 9.17) is 0 Å². The van der Waals surface area contributed by atoms with Crippen molar-refractivity contribution < 1.29 is 9.90 Å². The Bertz CT molecular complexity index is 1070. The van der Waals surface area contributed by atoms with Crippen molar-refractivity contribution in [1.82, 2.24) is 19.6 Å². The Labute approximate surface area is 155 Å². The molecule has 0 aliphatic carbocycles. The highest BCUT2D eigenvalue weighted by Crippen LogP contribution is 2.39. The molecule has 9 heteroatoms. The summed E-state index contributed by atoms with van der Waals surface area (Å²) in [4.78, 5) is 23.0. The van der Waals surface area contributed by atoms with Crippen LogP contribution in [-0.2, 0) is 10.2 Å². The van der Waals surface area contributed by atoms with Crippen molar-refractivity contribution in [3.05, 3.63) is 36.2 Å². The van der Waals surface area contributed by atoms with Gasteiger partial charge in [0.1, 0.15) is 0 Å². The molecule has 4 heterocycles. The number of aliphatic hydroxyl groups is 1. The van der Waals surface area contributed by atoms with Gasteiger partial charge in [0.25, 0.3) is 0 Å². The predicted octanol–water partition coefficient (Wildman–Crippen LogP) is 1.28. The van der Waals surface area contributed by atoms with Crippen LogP contribution in [0.3, 0.4) is 0 Å². The third-order valence-electron chi connectivity index (χ3n) is 5.16. The van der Waals surface area contributed by atoms with Crippen LogP contribution in [0.4, 0.5) is 23.1 Å². The van der Waals surface area contributed by atoms with E-state index in [-0.39, 0.29) is 12.0 Å². The van der Waals surface area contributed by atoms with Crippen LogP contribution in [0.1, 0.15) is 19.4 Å². The SMILES string of the molecule is CC1(C)C(=O)Nc2cc(Nc3nc4c(N5CC(O)C5)nccn4n3)ccc21. The maximum absolute atomic E-state index is 12.1. The molecule has 138 valence electrons. The zero-order valence-corrected chi connectivity index (χ0v) is 15.0. The van der Waals surface area contributed by atoms with E-state index in [1.165, 1.54) is 0 Å². The van der Waals surface area contributed by atoms with Gasteiger partial charge >= 0.3 is 0 Å². The number of fused-ring (bicyclic) bond motifs is 2. The summed E-state index contributed by atoms with van der Waals surface area (Å²) < 4.78 is 1.66. The first-order valence-corrected chi connectivity index (χ1v) is 8.79. The molecule has 2 aliphatic rings. The van der Waals surface area contributed by atoms with Crippen LogP contribution in [-0.4, -0.2) is 49.8 Å². The number of hydrogen-bond acceptors (Lipinski definition) is 7. The quantitative estimate of drug-likeness (QED) is 0.642. The Hall–Kier alpha value is -3.20. The summed E-state index contributed by atoms with van der Waals surface area (Å²) in [6, 6.07) is 5.75. The number of rotatable bonds is 3. The zero-order valence-electron chi connectivity index (χ0n) is 15.0. The highest BCUT2D eigenvalue weighted by molar-refractivity contribution is 6.06. The summed E-state index contributed by atoms with van der Waals surface area (Å²) in [6.45, 7) is 4.91. The number of nitrogens with one attached hydrogen (secondary N) is 2. The molecule has 1 saturated heterocycles. The number of amides is 1. The molecule has 1 fully saturated rings. The Morgan fingerprint density at radius 3 is 2.93 bits per heavy atom. The maximum atomic E-state index is 12.1. The summed E-state index contributed by atoms with van der Waals surface area (Å²) in [5.74, 6) is 1.13. The number of benzene rings is 1. The number of hydrogen-bond donors (Lipinski definition) is 3. The monoisotopic (exact) mass is 365 g/mol. The van der Waals surface area contributed by atoms with Gasteiger partial charge in [-0.15, -0.1) is 5.10 Å². The number of aliphatic hydroxyl groups excluding tert-OH is 1. The lowest BCUT2D eigenvalue weighted by Gasteiger charge is -2.36. The first-order chi connectivity index (χ1) is 12.9. The molecule has 9 nitrogen and oxygen atoms in total. The van der Waals surface area contributed by atoms with Crippen LogP contribution in [0.25, 0.3) is 5.65 Å². The van der Waals surface area contributed by atoms with E-state index >= 15 is 0 Å². The van der Waals surface area contributed by atoms with E-state index in [9.17, 15) is 9.90 Å². The highest BCUT2D eigenvalue weighted by atomic mass is 16.3. The van der Waals surface area contributed by atoms with Crippen molar-refractivity contribution in [1.29, 1.82) is 0 Å². The standard InChI is InChI=1S/C18H19N7O2/c1-18(2)12-4-3-10(7-13(12)21-16(18)27)20-17-22-15-14(24-8-11(26)9-24)19-5-6-25(15)23-17/h3-7,11,26H,8-9H2,1-2H3,(H,20,23)(H,21,27). The molecule has 2 aliphatic heterocycles. The molecule has 27 heavy (non-hydrogen) atoms. The fourth-order valence-corrected chi connectivity index (χ4v) is 3.51. The molecule has 1 aromatic carbocycles. The van der Waals surface area contributed by atoms with Crippen LogP contribution in [0.5, 0.6) is 0 Å². The molecule has 1 amide bonds. The van der Waals surface area contributed by atoms with Crippen LogP contribution in [0.2, 0.25) is 0 Å². The molecule has 0 atom stereocenters. The van der Waals surface area contributed by atoms with Gasteiger partial charge in [-0.2, -0.15) is 4.98 Å². The smallest absolute Gasteiger partial charge is 0.247 e. The molecule has 3 aromatic rings. The Morgan fingerprint density at radius 2 is 2.15 bits per heavy atom. The zero-order chi connectivity index (χ0) is 18.8. The Morgan fingerprint density at radius 1 is 1.33 bits per heavy atom. The van der Waals surface area contributed by atoms with Gasteiger partial charge in [0.15, 0.2) is 11.5 Å². The lowest BCUT2D eigenvalue weighted by Crippen LogP contribution is -2.51. The van der Waals surface area contributed by atoms with Crippen LogP contribution in [0.15, 0.2) is 30.6 Å². The normalized spacial score (nSPS) is 18.3. The average molecular weight is 365 g/mol. The van der Waals surface area contributed by atoms with Gasteiger partial charge in [-0.3, -0.25) is 4.79 Å². The number of aromatic nitrogens is 4. The van der Waals surface area contributed by atoms with Crippen molar-refractivity contribution in [2.24, 2.45) is 0 Å². The van der Waals surface area contributed by atoms with Crippen molar-refractivity contribution in [2.75, 3.05) is 28.6 Å². The van der Waals surface area contributed by atoms with Gasteiger partial charge in [0.05, 0.1) is 11.5 Å². The van der Waals surface area contributed by atoms with Crippen molar-refractivity contribution in [3.8, 4) is 0 Å². The molecule has 0 radical (unpaired) electrons. The lowest BCUT2D eigenvalue weighted by molar-refractivity contribution is -0.119. The molecular weight excluding hydrogens is 346 g/mol. The fraction of sp³-hybridized carbons (Fsp3) is 0.333. The number of anilines is 4. The lowest BCUT2D eigenvalue weighted by atomic mass is 9.86. The van der Waals surface area contributed by atoms with Crippen LogP contribution >= 0.6 is 0 Å². The minimum absolute atomic E-state index is 0.00652. The second kappa shape index (κ2) is 5.40. The average Bonchev–Trinajstić information content (AvgIpc) is 3.10. The predicted molar refractivity (Wildman–Crippen MR) is 100 cm³/mol. The van der Waals surface area contributed by atoms with E-state index in [0.717, 1.165) is 16.9 Å². The highest BCUT2D eigenvalue weighted by Gasteiger charge is 2.38. The minimum atomic E-state index is -0.530. The number of nitrogens with zero attached hydrogens (tertiary/aromatic N) is 5. The third-order valence-corrected chi connectivity index (χ3v) is 5.16. The summed E-state index contributed by atoms with van der Waals surface area (Å²) in [5, 5.41) is 20.1. The minimum Gasteiger partial charge on any atom is -0.389 e. The van der Waals surface area contributed by atoms with E-state index in [0.29, 0.717) is 30.5 Å². The van der Waals surface area contributed by atoms with Crippen LogP contribution in [0, 0.1) is 0 Å². The molecule has 2 aromatic heterocycles. The third kappa shape index (κ3) is 2.42. The van der Waals surface area contributed by atoms with Crippen molar-refractivity contribution in [2.45, 2.75) is 25.4 Å². The number of β-amino-alcohol motifs (C(OH)–C–C–N with tert-alkyl or cyclic N) is 1. The first kappa shape index (κ1) is 16.0. The number of carbonyl (C=O) groups excluding carboxylic acids is 1. The summed E-state index contributed by atoms with van der Waals surface area (Å²) in [5.41, 5.74) is 2.66. The van der Waals surface area contributed by atoms with Gasteiger partial charge in [0, 0.05) is 36.9 Å². The van der Waals surface area contributed by atoms with Gasteiger partial charge in [-0.1, -0.05) is 6.07 Å².